The topological polar surface area (TPSA) is 87.0 Å². The minimum atomic E-state index is -3.95. The summed E-state index contributed by atoms with van der Waals surface area (Å²) >= 11 is 5.85. The number of carbonyl (C=O) groups is 1. The van der Waals surface area contributed by atoms with Crippen LogP contribution in [0.25, 0.3) is 0 Å². The van der Waals surface area contributed by atoms with Gasteiger partial charge in [0.25, 0.3) is 10.0 Å². The Morgan fingerprint density at radius 1 is 1.32 bits per heavy atom. The predicted octanol–water partition coefficient (Wildman–Crippen LogP) is 2.45. The third-order valence-corrected chi connectivity index (χ3v) is 6.34. The lowest BCUT2D eigenvalue weighted by Gasteiger charge is -2.20. The lowest BCUT2D eigenvalue weighted by atomic mass is 9.88. The zero-order valence-corrected chi connectivity index (χ0v) is 13.3. The van der Waals surface area contributed by atoms with Crippen LogP contribution in [0.4, 0.5) is 0 Å². The van der Waals surface area contributed by atoms with Crippen molar-refractivity contribution in [3.63, 3.8) is 0 Å². The first-order chi connectivity index (χ1) is 10.4. The van der Waals surface area contributed by atoms with Gasteiger partial charge in [0.2, 0.25) is 5.91 Å². The molecule has 2 saturated carbocycles. The molecule has 1 N–H and O–H groups in total. The monoisotopic (exact) mass is 338 g/mol. The van der Waals surface area contributed by atoms with E-state index in [1.807, 2.05) is 6.07 Å². The highest BCUT2D eigenvalue weighted by Crippen LogP contribution is 2.48. The third-order valence-electron chi connectivity index (χ3n) is 4.68. The average molecular weight is 339 g/mol. The van der Waals surface area contributed by atoms with E-state index in [1.54, 1.807) is 0 Å². The molecule has 2 fully saturated rings. The Balaban J connectivity index is 1.77. The third kappa shape index (κ3) is 2.71. The Morgan fingerprint density at radius 3 is 2.64 bits per heavy atom. The lowest BCUT2D eigenvalue weighted by Crippen LogP contribution is -2.37. The molecule has 1 amide bonds. The molecule has 0 heterocycles. The van der Waals surface area contributed by atoms with E-state index in [9.17, 15) is 13.2 Å². The number of fused-ring (bicyclic) bond motifs is 2. The van der Waals surface area contributed by atoms with Crippen molar-refractivity contribution < 1.29 is 13.2 Å². The van der Waals surface area contributed by atoms with Crippen molar-refractivity contribution in [1.82, 2.24) is 4.72 Å². The number of halogens is 1. The maximum atomic E-state index is 12.3. The molecule has 3 atom stereocenters. The molecule has 0 aromatic heterocycles. The van der Waals surface area contributed by atoms with Gasteiger partial charge in [0.15, 0.2) is 0 Å². The van der Waals surface area contributed by atoms with Gasteiger partial charge < -0.3 is 0 Å². The molecular weight excluding hydrogens is 324 g/mol. The molecule has 22 heavy (non-hydrogen) atoms. The molecule has 0 aliphatic heterocycles. The number of hydrogen-bond acceptors (Lipinski definition) is 4. The Bertz CT molecular complexity index is 769. The number of nitrogens with one attached hydrogen (secondary N) is 1. The van der Waals surface area contributed by atoms with Crippen molar-refractivity contribution in [2.24, 2.45) is 17.8 Å². The van der Waals surface area contributed by atoms with Gasteiger partial charge in [-0.25, -0.2) is 13.1 Å². The second-order valence-corrected chi connectivity index (χ2v) is 8.09. The average Bonchev–Trinajstić information content (AvgIpc) is 3.09. The van der Waals surface area contributed by atoms with Gasteiger partial charge in [0.1, 0.15) is 6.07 Å². The summed E-state index contributed by atoms with van der Waals surface area (Å²) in [5.74, 6) is 0.243. The first kappa shape index (κ1) is 15.3. The number of amides is 1. The molecule has 2 aliphatic rings. The molecule has 0 unspecified atom stereocenters. The largest absolute Gasteiger partial charge is 0.274 e. The SMILES string of the molecule is N#Cc1ccc(S(=O)(=O)NC(=O)[C@@H]2C[C@H]3CC[C@H]2C3)cc1Cl. The van der Waals surface area contributed by atoms with Crippen LogP contribution in [0.5, 0.6) is 0 Å². The summed E-state index contributed by atoms with van der Waals surface area (Å²) in [6.45, 7) is 0. The van der Waals surface area contributed by atoms with Crippen LogP contribution in [0, 0.1) is 29.1 Å². The fourth-order valence-electron chi connectivity index (χ4n) is 3.59. The number of sulfonamides is 1. The van der Waals surface area contributed by atoms with E-state index in [0.29, 0.717) is 11.8 Å². The van der Waals surface area contributed by atoms with E-state index < -0.39 is 15.9 Å². The predicted molar refractivity (Wildman–Crippen MR) is 80.4 cm³/mol. The highest BCUT2D eigenvalue weighted by Gasteiger charge is 2.43. The summed E-state index contributed by atoms with van der Waals surface area (Å²) < 4.78 is 26.7. The minimum absolute atomic E-state index is 0.0535. The van der Waals surface area contributed by atoms with Crippen LogP contribution in [0.1, 0.15) is 31.2 Å². The molecule has 1 aromatic rings. The van der Waals surface area contributed by atoms with Gasteiger partial charge in [-0.05, 0) is 49.3 Å². The van der Waals surface area contributed by atoms with Crippen LogP contribution in [0.15, 0.2) is 23.1 Å². The summed E-state index contributed by atoms with van der Waals surface area (Å²) in [4.78, 5) is 12.2. The molecular formula is C15H15ClN2O3S. The van der Waals surface area contributed by atoms with Crippen LogP contribution in [-0.4, -0.2) is 14.3 Å². The number of hydrogen-bond donors (Lipinski definition) is 1. The maximum Gasteiger partial charge on any atom is 0.264 e. The smallest absolute Gasteiger partial charge is 0.264 e. The van der Waals surface area contributed by atoms with Crippen molar-refractivity contribution in [2.75, 3.05) is 0 Å². The first-order valence-electron chi connectivity index (χ1n) is 7.17. The molecule has 2 bridgehead atoms. The lowest BCUT2D eigenvalue weighted by molar-refractivity contribution is -0.124. The van der Waals surface area contributed by atoms with Crippen LogP contribution < -0.4 is 4.72 Å². The molecule has 2 aliphatic carbocycles. The standard InChI is InChI=1S/C15H15ClN2O3S/c16-14-7-12(4-3-11(14)8-17)22(20,21)18-15(19)13-6-9-1-2-10(13)5-9/h3-4,7,9-10,13H,1-2,5-6H2,(H,18,19)/t9-,10-,13+/m0/s1. The maximum absolute atomic E-state index is 12.3. The van der Waals surface area contributed by atoms with E-state index in [-0.39, 0.29) is 21.4 Å². The second kappa shape index (κ2) is 5.56. The summed E-state index contributed by atoms with van der Waals surface area (Å²) in [7, 11) is -3.95. The summed E-state index contributed by atoms with van der Waals surface area (Å²) in [6, 6.07) is 5.67. The molecule has 0 radical (unpaired) electrons. The number of nitrogens with zero attached hydrogens (tertiary/aromatic N) is 1. The molecule has 7 heteroatoms. The summed E-state index contributed by atoms with van der Waals surface area (Å²) in [5.41, 5.74) is 0.194. The normalized spacial score (nSPS) is 26.6. The van der Waals surface area contributed by atoms with Gasteiger partial charge in [-0.1, -0.05) is 18.0 Å². The van der Waals surface area contributed by atoms with Gasteiger partial charge in [0.05, 0.1) is 15.5 Å². The number of rotatable bonds is 3. The number of carbonyl (C=O) groups excluding carboxylic acids is 1. The van der Waals surface area contributed by atoms with Crippen molar-refractivity contribution in [1.29, 1.82) is 5.26 Å². The molecule has 3 rings (SSSR count). The molecule has 1 aromatic carbocycles. The zero-order valence-electron chi connectivity index (χ0n) is 11.8. The molecule has 5 nitrogen and oxygen atoms in total. The van der Waals surface area contributed by atoms with E-state index in [2.05, 4.69) is 4.72 Å². The van der Waals surface area contributed by atoms with Gasteiger partial charge in [0, 0.05) is 5.92 Å². The fourth-order valence-corrected chi connectivity index (χ4v) is 4.93. The quantitative estimate of drug-likeness (QED) is 0.917. The van der Waals surface area contributed by atoms with Crippen LogP contribution in [-0.2, 0) is 14.8 Å². The molecule has 0 spiro atoms. The van der Waals surface area contributed by atoms with Crippen LogP contribution >= 0.6 is 11.6 Å². The Labute approximate surface area is 134 Å². The number of benzene rings is 1. The summed E-state index contributed by atoms with van der Waals surface area (Å²) in [6.07, 6.45) is 3.96. The summed E-state index contributed by atoms with van der Waals surface area (Å²) in [5, 5.41) is 8.86. The highest BCUT2D eigenvalue weighted by atomic mass is 35.5. The Morgan fingerprint density at radius 2 is 2.09 bits per heavy atom. The van der Waals surface area contributed by atoms with E-state index >= 15 is 0 Å². The van der Waals surface area contributed by atoms with Crippen molar-refractivity contribution in [2.45, 2.75) is 30.6 Å². The van der Waals surface area contributed by atoms with Gasteiger partial charge in [-0.3, -0.25) is 4.79 Å². The van der Waals surface area contributed by atoms with E-state index in [1.165, 1.54) is 18.2 Å². The highest BCUT2D eigenvalue weighted by molar-refractivity contribution is 7.90. The van der Waals surface area contributed by atoms with Gasteiger partial charge in [-0.15, -0.1) is 0 Å². The van der Waals surface area contributed by atoms with Crippen molar-refractivity contribution >= 4 is 27.5 Å². The van der Waals surface area contributed by atoms with E-state index in [4.69, 9.17) is 16.9 Å². The van der Waals surface area contributed by atoms with Crippen molar-refractivity contribution in [3.05, 3.63) is 28.8 Å². The second-order valence-electron chi connectivity index (χ2n) is 6.00. The molecule has 0 saturated heterocycles. The zero-order chi connectivity index (χ0) is 15.9. The van der Waals surface area contributed by atoms with Crippen LogP contribution in [0.2, 0.25) is 5.02 Å². The number of nitriles is 1. The Kier molecular flexibility index (Phi) is 3.87. The molecule has 116 valence electrons. The first-order valence-corrected chi connectivity index (χ1v) is 9.03. The minimum Gasteiger partial charge on any atom is -0.274 e. The Hall–Kier alpha value is -1.58. The van der Waals surface area contributed by atoms with E-state index in [0.717, 1.165) is 25.7 Å². The van der Waals surface area contributed by atoms with Crippen molar-refractivity contribution in [3.8, 4) is 6.07 Å². The fraction of sp³-hybridized carbons (Fsp3) is 0.467. The van der Waals surface area contributed by atoms with Gasteiger partial charge >= 0.3 is 0 Å². The van der Waals surface area contributed by atoms with Crippen LogP contribution in [0.3, 0.4) is 0 Å². The van der Waals surface area contributed by atoms with Gasteiger partial charge in [-0.2, -0.15) is 5.26 Å².